The number of hydrogen-bond acceptors (Lipinski definition) is 0. The highest BCUT2D eigenvalue weighted by molar-refractivity contribution is 4.63. The molecule has 0 heterocycles. The summed E-state index contributed by atoms with van der Waals surface area (Å²) in [6.07, 6.45) is 17.7. The predicted molar refractivity (Wildman–Crippen MR) is 92.1 cm³/mol. The van der Waals surface area contributed by atoms with E-state index in [9.17, 15) is 0 Å². The quantitative estimate of drug-likeness (QED) is 0.439. The van der Waals surface area contributed by atoms with Crippen LogP contribution in [0.4, 0.5) is 0 Å². The average molecular weight is 281 g/mol. The zero-order valence-electron chi connectivity index (χ0n) is 14.8. The molecule has 120 valence electrons. The summed E-state index contributed by atoms with van der Waals surface area (Å²) in [6.45, 7) is 9.60. The normalized spacial score (nSPS) is 36.6. The molecule has 2 fully saturated rings. The van der Waals surface area contributed by atoms with E-state index in [4.69, 9.17) is 0 Å². The highest BCUT2D eigenvalue weighted by atomic mass is 14.2. The van der Waals surface area contributed by atoms with Crippen molar-refractivity contribution in [2.75, 3.05) is 0 Å². The lowest BCUT2D eigenvalue weighted by atomic mass is 9.88. The topological polar surface area (TPSA) is 0 Å². The molecular weight excluding hydrogens is 240 g/mol. The van der Waals surface area contributed by atoms with E-state index < -0.39 is 0 Å². The van der Waals surface area contributed by atoms with Crippen molar-refractivity contribution >= 4 is 0 Å². The van der Waals surface area contributed by atoms with Crippen LogP contribution < -0.4 is 0 Å². The van der Waals surface area contributed by atoms with Gasteiger partial charge in [0, 0.05) is 0 Å². The molecule has 0 nitrogen and oxygen atoms in total. The molecule has 0 aromatic rings. The fourth-order valence-electron chi connectivity index (χ4n) is 3.84. The molecule has 0 atom stereocenters. The molecule has 0 radical (unpaired) electrons. The van der Waals surface area contributed by atoms with Gasteiger partial charge in [0.05, 0.1) is 0 Å². The second kappa shape index (κ2) is 10.7. The van der Waals surface area contributed by atoms with Crippen LogP contribution >= 0.6 is 0 Å². The summed E-state index contributed by atoms with van der Waals surface area (Å²) in [4.78, 5) is 0. The first kappa shape index (κ1) is 18.1. The zero-order valence-corrected chi connectivity index (χ0v) is 14.8. The molecule has 0 aromatic heterocycles. The molecule has 0 amide bonds. The van der Waals surface area contributed by atoms with Crippen molar-refractivity contribution in [3.8, 4) is 0 Å². The average Bonchev–Trinajstić information content (AvgIpc) is 2.35. The van der Waals surface area contributed by atoms with Crippen LogP contribution in [-0.4, -0.2) is 0 Å². The lowest BCUT2D eigenvalue weighted by molar-refractivity contribution is 0.346. The summed E-state index contributed by atoms with van der Waals surface area (Å²) in [7, 11) is 0. The highest BCUT2D eigenvalue weighted by Crippen LogP contribution is 2.25. The van der Waals surface area contributed by atoms with E-state index in [1.165, 1.54) is 77.0 Å². The lowest BCUT2D eigenvalue weighted by Gasteiger charge is -2.18. The van der Waals surface area contributed by atoms with Gasteiger partial charge in [-0.1, -0.05) is 105 Å². The van der Waals surface area contributed by atoms with E-state index >= 15 is 0 Å². The van der Waals surface area contributed by atoms with Gasteiger partial charge in [0.15, 0.2) is 0 Å². The Kier molecular flexibility index (Phi) is 9.65. The van der Waals surface area contributed by atoms with Gasteiger partial charge in [0.25, 0.3) is 0 Å². The first-order chi connectivity index (χ1) is 9.58. The van der Waals surface area contributed by atoms with Crippen LogP contribution in [-0.2, 0) is 0 Å². The van der Waals surface area contributed by atoms with Gasteiger partial charge in [0.1, 0.15) is 0 Å². The Bertz CT molecular complexity index is 156. The number of rotatable bonds is 0. The van der Waals surface area contributed by atoms with Crippen molar-refractivity contribution in [1.29, 1.82) is 0 Å². The van der Waals surface area contributed by atoms with E-state index in [-0.39, 0.29) is 0 Å². The van der Waals surface area contributed by atoms with Crippen molar-refractivity contribution in [3.63, 3.8) is 0 Å². The molecule has 0 bridgehead atoms. The van der Waals surface area contributed by atoms with Gasteiger partial charge in [-0.15, -0.1) is 0 Å². The van der Waals surface area contributed by atoms with E-state index in [1.807, 2.05) is 0 Å². The van der Waals surface area contributed by atoms with E-state index in [0.29, 0.717) is 0 Å². The SMILES string of the molecule is CC1CCCC(C)CCC1.CC1CCCC(C)CCC1. The van der Waals surface area contributed by atoms with Gasteiger partial charge < -0.3 is 0 Å². The third kappa shape index (κ3) is 9.03. The van der Waals surface area contributed by atoms with Gasteiger partial charge in [-0.2, -0.15) is 0 Å². The first-order valence-corrected chi connectivity index (χ1v) is 9.58. The second-order valence-corrected chi connectivity index (χ2v) is 8.14. The van der Waals surface area contributed by atoms with Crippen molar-refractivity contribution < 1.29 is 0 Å². The van der Waals surface area contributed by atoms with Crippen LogP contribution in [0.25, 0.3) is 0 Å². The van der Waals surface area contributed by atoms with Crippen LogP contribution in [0.3, 0.4) is 0 Å². The fraction of sp³-hybridized carbons (Fsp3) is 1.00. The Morgan fingerprint density at radius 2 is 0.500 bits per heavy atom. The minimum Gasteiger partial charge on any atom is -0.0625 e. The Hall–Kier alpha value is 0. The van der Waals surface area contributed by atoms with Crippen LogP contribution in [0.5, 0.6) is 0 Å². The summed E-state index contributed by atoms with van der Waals surface area (Å²) in [5, 5.41) is 0. The molecule has 0 aliphatic heterocycles. The summed E-state index contributed by atoms with van der Waals surface area (Å²) < 4.78 is 0. The summed E-state index contributed by atoms with van der Waals surface area (Å²) in [6, 6.07) is 0. The molecule has 0 heteroatoms. The van der Waals surface area contributed by atoms with Gasteiger partial charge in [-0.05, 0) is 23.7 Å². The molecule has 2 aliphatic carbocycles. The van der Waals surface area contributed by atoms with Crippen molar-refractivity contribution in [1.82, 2.24) is 0 Å². The van der Waals surface area contributed by atoms with Gasteiger partial charge >= 0.3 is 0 Å². The largest absolute Gasteiger partial charge is 0.0625 e. The second-order valence-electron chi connectivity index (χ2n) is 8.14. The van der Waals surface area contributed by atoms with Crippen LogP contribution in [0, 0.1) is 23.7 Å². The Balaban J connectivity index is 0.000000200. The number of hydrogen-bond donors (Lipinski definition) is 0. The summed E-state index contributed by atoms with van der Waals surface area (Å²) >= 11 is 0. The summed E-state index contributed by atoms with van der Waals surface area (Å²) in [5.41, 5.74) is 0. The fourth-order valence-corrected chi connectivity index (χ4v) is 3.84. The highest BCUT2D eigenvalue weighted by Gasteiger charge is 2.10. The molecule has 2 saturated carbocycles. The van der Waals surface area contributed by atoms with Crippen molar-refractivity contribution in [2.24, 2.45) is 23.7 Å². The standard InChI is InChI=1S/2C10H20/c2*1-9-5-3-7-10(2)8-4-6-9/h2*9-10H,3-8H2,1-2H3. The molecule has 0 saturated heterocycles. The van der Waals surface area contributed by atoms with Crippen LogP contribution in [0.1, 0.15) is 105 Å². The van der Waals surface area contributed by atoms with Crippen LogP contribution in [0.15, 0.2) is 0 Å². The molecule has 0 spiro atoms. The molecule has 2 rings (SSSR count). The van der Waals surface area contributed by atoms with Crippen molar-refractivity contribution in [2.45, 2.75) is 105 Å². The first-order valence-electron chi connectivity index (χ1n) is 9.58. The molecule has 2 aliphatic rings. The zero-order chi connectivity index (χ0) is 14.8. The molecule has 0 N–H and O–H groups in total. The van der Waals surface area contributed by atoms with E-state index in [1.54, 1.807) is 0 Å². The molecular formula is C20H40. The molecule has 0 unspecified atom stereocenters. The smallest absolute Gasteiger partial charge is 0.0443 e. The Morgan fingerprint density at radius 1 is 0.350 bits per heavy atom. The maximum absolute atomic E-state index is 2.40. The molecule has 20 heavy (non-hydrogen) atoms. The Labute approximate surface area is 129 Å². The van der Waals surface area contributed by atoms with Crippen LogP contribution in [0.2, 0.25) is 0 Å². The maximum Gasteiger partial charge on any atom is -0.0443 e. The lowest BCUT2D eigenvalue weighted by Crippen LogP contribution is -2.04. The van der Waals surface area contributed by atoms with Gasteiger partial charge in [0.2, 0.25) is 0 Å². The molecule has 0 aromatic carbocycles. The minimum absolute atomic E-state index is 1.01. The van der Waals surface area contributed by atoms with E-state index in [0.717, 1.165) is 23.7 Å². The van der Waals surface area contributed by atoms with Gasteiger partial charge in [-0.25, -0.2) is 0 Å². The minimum atomic E-state index is 1.01. The van der Waals surface area contributed by atoms with Gasteiger partial charge in [-0.3, -0.25) is 0 Å². The van der Waals surface area contributed by atoms with E-state index in [2.05, 4.69) is 27.7 Å². The monoisotopic (exact) mass is 280 g/mol. The third-order valence-electron chi connectivity index (χ3n) is 5.58. The maximum atomic E-state index is 2.40. The predicted octanol–water partition coefficient (Wildman–Crippen LogP) is 7.23. The Morgan fingerprint density at radius 3 is 0.650 bits per heavy atom. The summed E-state index contributed by atoms with van der Waals surface area (Å²) in [5.74, 6) is 4.03. The van der Waals surface area contributed by atoms with Crippen molar-refractivity contribution in [3.05, 3.63) is 0 Å². The third-order valence-corrected chi connectivity index (χ3v) is 5.58.